The summed E-state index contributed by atoms with van der Waals surface area (Å²) >= 11 is 0. The minimum absolute atomic E-state index is 0.0537. The number of aromatic hydroxyl groups is 1. The summed E-state index contributed by atoms with van der Waals surface area (Å²) < 4.78 is 74.2. The Morgan fingerprint density at radius 1 is 0.864 bits per heavy atom. The summed E-state index contributed by atoms with van der Waals surface area (Å²) in [7, 11) is 2.08. The van der Waals surface area contributed by atoms with Crippen LogP contribution in [0.15, 0.2) is 45.6 Å². The fraction of sp³-hybridized carbons (Fsp3) is 0.233. The van der Waals surface area contributed by atoms with Gasteiger partial charge in [-0.15, -0.1) is 0 Å². The Bertz CT molecular complexity index is 2150. The minimum atomic E-state index is -5.17. The number of methoxy groups -OCH3 is 5. The van der Waals surface area contributed by atoms with Crippen LogP contribution in [-0.4, -0.2) is 58.2 Å². The molecule has 1 aliphatic rings. The SMILES string of the molecule is COc1cc(-c2c3n(c4c(=O)oc5cc(OS(=O)(=O)[O-])c(OC)cc5c24)CCc2c-3cc(OC)c(OC)c2OC)ccc1O. The largest absolute Gasteiger partial charge is 0.716 e. The third-order valence-corrected chi connectivity index (χ3v) is 8.01. The fourth-order valence-corrected chi connectivity index (χ4v) is 6.26. The second-order valence-electron chi connectivity index (χ2n) is 9.79. The predicted molar refractivity (Wildman–Crippen MR) is 157 cm³/mol. The Morgan fingerprint density at radius 2 is 1.57 bits per heavy atom. The lowest BCUT2D eigenvalue weighted by atomic mass is 9.91. The van der Waals surface area contributed by atoms with E-state index in [2.05, 4.69) is 4.18 Å². The van der Waals surface area contributed by atoms with Crippen molar-refractivity contribution in [2.45, 2.75) is 13.0 Å². The maximum atomic E-state index is 13.7. The fourth-order valence-electron chi connectivity index (χ4n) is 5.91. The molecule has 0 unspecified atom stereocenters. The van der Waals surface area contributed by atoms with Crippen LogP contribution in [0.3, 0.4) is 0 Å². The number of phenolic OH excluding ortho intramolecular Hbond substituents is 1. The molecule has 0 spiro atoms. The highest BCUT2D eigenvalue weighted by Gasteiger charge is 2.33. The van der Waals surface area contributed by atoms with Gasteiger partial charge >= 0.3 is 5.63 Å². The Morgan fingerprint density at radius 3 is 2.20 bits per heavy atom. The molecule has 0 saturated heterocycles. The number of ether oxygens (including phenoxy) is 5. The maximum Gasteiger partial charge on any atom is 0.361 e. The van der Waals surface area contributed by atoms with Crippen molar-refractivity contribution in [1.82, 2.24) is 4.57 Å². The molecular weight excluding hydrogens is 598 g/mol. The highest BCUT2D eigenvalue weighted by Crippen LogP contribution is 2.53. The monoisotopic (exact) mass is 624 g/mol. The summed E-state index contributed by atoms with van der Waals surface area (Å²) in [5.41, 5.74) is 2.73. The van der Waals surface area contributed by atoms with E-state index in [0.29, 0.717) is 63.4 Å². The average molecular weight is 625 g/mol. The zero-order chi connectivity index (χ0) is 31.5. The lowest BCUT2D eigenvalue weighted by Gasteiger charge is -2.25. The van der Waals surface area contributed by atoms with Gasteiger partial charge in [-0.1, -0.05) is 6.07 Å². The number of fused-ring (bicyclic) bond motifs is 7. The van der Waals surface area contributed by atoms with Gasteiger partial charge in [0.1, 0.15) is 11.1 Å². The molecule has 0 amide bonds. The summed E-state index contributed by atoms with van der Waals surface area (Å²) in [5, 5.41) is 11.2. The molecular formula is C30H26NO12S-. The molecule has 230 valence electrons. The molecule has 0 radical (unpaired) electrons. The lowest BCUT2D eigenvalue weighted by molar-refractivity contribution is 0.321. The smallest absolute Gasteiger partial charge is 0.361 e. The zero-order valence-corrected chi connectivity index (χ0v) is 25.0. The van der Waals surface area contributed by atoms with Crippen molar-refractivity contribution in [2.75, 3.05) is 35.5 Å². The van der Waals surface area contributed by atoms with Gasteiger partial charge in [0.05, 0.1) is 41.2 Å². The van der Waals surface area contributed by atoms with Crippen molar-refractivity contribution < 1.29 is 50.4 Å². The molecule has 0 bridgehead atoms. The Hall–Kier alpha value is -5.08. The van der Waals surface area contributed by atoms with Gasteiger partial charge in [0, 0.05) is 40.1 Å². The topological polar surface area (TPSA) is 168 Å². The van der Waals surface area contributed by atoms with Gasteiger partial charge in [0.25, 0.3) is 10.4 Å². The van der Waals surface area contributed by atoms with Gasteiger partial charge in [-0.05, 0) is 36.2 Å². The molecule has 0 saturated carbocycles. The second-order valence-corrected chi connectivity index (χ2v) is 10.8. The van der Waals surface area contributed by atoms with Crippen LogP contribution in [0.1, 0.15) is 5.56 Å². The number of hydrogen-bond donors (Lipinski definition) is 1. The van der Waals surface area contributed by atoms with Crippen molar-refractivity contribution in [2.24, 2.45) is 0 Å². The molecule has 0 atom stereocenters. The van der Waals surface area contributed by atoms with Gasteiger partial charge in [0.2, 0.25) is 5.75 Å². The van der Waals surface area contributed by atoms with Crippen LogP contribution in [0.4, 0.5) is 0 Å². The van der Waals surface area contributed by atoms with Crippen LogP contribution in [0.25, 0.3) is 44.3 Å². The molecule has 6 rings (SSSR count). The van der Waals surface area contributed by atoms with Gasteiger partial charge in [-0.3, -0.25) is 0 Å². The number of phenols is 1. The van der Waals surface area contributed by atoms with E-state index < -0.39 is 21.8 Å². The van der Waals surface area contributed by atoms with Crippen LogP contribution in [0.5, 0.6) is 40.2 Å². The third-order valence-electron chi connectivity index (χ3n) is 7.63. The number of aromatic nitrogens is 1. The number of hydrogen-bond acceptors (Lipinski definition) is 12. The van der Waals surface area contributed by atoms with Crippen LogP contribution in [0.2, 0.25) is 0 Å². The Kier molecular flexibility index (Phi) is 6.97. The molecule has 13 nitrogen and oxygen atoms in total. The summed E-state index contributed by atoms with van der Waals surface area (Å²) in [6, 6.07) is 9.15. The first-order valence-electron chi connectivity index (χ1n) is 13.1. The quantitative estimate of drug-likeness (QED) is 0.148. The average Bonchev–Trinajstić information content (AvgIpc) is 3.35. The molecule has 3 heterocycles. The molecule has 5 aromatic rings. The van der Waals surface area contributed by atoms with E-state index in [-0.39, 0.29) is 28.3 Å². The van der Waals surface area contributed by atoms with Crippen LogP contribution in [0, 0.1) is 0 Å². The number of rotatable bonds is 8. The lowest BCUT2D eigenvalue weighted by Crippen LogP contribution is -2.16. The predicted octanol–water partition coefficient (Wildman–Crippen LogP) is 4.23. The maximum absolute atomic E-state index is 13.7. The normalized spacial score (nSPS) is 12.5. The number of nitrogens with zero attached hydrogens (tertiary/aromatic N) is 1. The van der Waals surface area contributed by atoms with E-state index in [1.54, 1.807) is 18.2 Å². The minimum Gasteiger partial charge on any atom is -0.716 e. The highest BCUT2D eigenvalue weighted by molar-refractivity contribution is 7.81. The molecule has 3 aromatic carbocycles. The van der Waals surface area contributed by atoms with Crippen LogP contribution >= 0.6 is 0 Å². The Balaban J connectivity index is 1.83. The summed E-state index contributed by atoms with van der Waals surface area (Å²) in [4.78, 5) is 13.7. The van der Waals surface area contributed by atoms with E-state index >= 15 is 0 Å². The van der Waals surface area contributed by atoms with Crippen molar-refractivity contribution >= 4 is 32.3 Å². The van der Waals surface area contributed by atoms with E-state index in [1.165, 1.54) is 47.7 Å². The first-order chi connectivity index (χ1) is 21.0. The number of aryl methyl sites for hydroxylation is 1. The highest BCUT2D eigenvalue weighted by atomic mass is 32.3. The zero-order valence-electron chi connectivity index (χ0n) is 24.2. The van der Waals surface area contributed by atoms with Crippen LogP contribution in [-0.2, 0) is 23.4 Å². The molecule has 44 heavy (non-hydrogen) atoms. The van der Waals surface area contributed by atoms with Crippen molar-refractivity contribution in [1.29, 1.82) is 0 Å². The first kappa shape index (κ1) is 29.0. The summed E-state index contributed by atoms with van der Waals surface area (Å²) in [6.07, 6.45) is 0.461. The van der Waals surface area contributed by atoms with Crippen LogP contribution < -0.4 is 33.5 Å². The molecule has 1 N–H and O–H groups in total. The molecule has 0 fully saturated rings. The standard InChI is InChI=1S/C30H27NO12S/c1-37-20-10-14(6-7-18(20)32)24-25-17-12-21(38-2)22(43-44(34,35)36)13-19(17)42-30(33)27(25)31-9-8-15-16(26(24)31)11-23(39-3)29(41-5)28(15)40-4/h6-7,10-13,32H,8-9H2,1-5H3,(H,34,35,36)/p-1. The summed E-state index contributed by atoms with van der Waals surface area (Å²) in [6.45, 7) is 0.350. The van der Waals surface area contributed by atoms with E-state index in [4.69, 9.17) is 28.1 Å². The van der Waals surface area contributed by atoms with Gasteiger partial charge in [0.15, 0.2) is 34.5 Å². The van der Waals surface area contributed by atoms with Crippen molar-refractivity contribution in [3.63, 3.8) is 0 Å². The third kappa shape index (κ3) is 4.41. The second kappa shape index (κ2) is 10.6. The Labute approximate surface area is 250 Å². The van der Waals surface area contributed by atoms with E-state index in [0.717, 1.165) is 11.6 Å². The van der Waals surface area contributed by atoms with E-state index in [9.17, 15) is 22.9 Å². The van der Waals surface area contributed by atoms with Gasteiger partial charge in [-0.25, -0.2) is 13.2 Å². The molecule has 2 aromatic heterocycles. The van der Waals surface area contributed by atoms with Crippen molar-refractivity contribution in [3.05, 3.63) is 52.4 Å². The molecule has 14 heteroatoms. The first-order valence-corrected chi connectivity index (χ1v) is 14.4. The molecule has 0 aliphatic carbocycles. The van der Waals surface area contributed by atoms with E-state index in [1.807, 2.05) is 4.57 Å². The molecule has 1 aliphatic heterocycles. The van der Waals surface area contributed by atoms with Crippen molar-refractivity contribution in [3.8, 4) is 62.6 Å². The summed E-state index contributed by atoms with van der Waals surface area (Å²) in [5.74, 6) is 0.871. The number of benzene rings is 3. The van der Waals surface area contributed by atoms with Gasteiger partial charge < -0.3 is 46.5 Å². The van der Waals surface area contributed by atoms with Gasteiger partial charge in [-0.2, -0.15) is 0 Å².